The SMILES string of the molecule is Cn1ncnc1-c1ccc(C(=O)NC(CNC(=O)OC(C)(C)C)Cc2ccccc2)s1. The van der Waals surface area contributed by atoms with Gasteiger partial charge >= 0.3 is 6.09 Å². The first-order valence-corrected chi connectivity index (χ1v) is 10.8. The second-order valence-electron chi connectivity index (χ2n) is 8.11. The zero-order valence-electron chi connectivity index (χ0n) is 18.1. The number of thiophene rings is 1. The van der Waals surface area contributed by atoms with E-state index in [1.165, 1.54) is 17.7 Å². The number of hydrogen-bond donors (Lipinski definition) is 2. The third kappa shape index (κ3) is 6.65. The number of nitrogens with zero attached hydrogens (tertiary/aromatic N) is 3. The summed E-state index contributed by atoms with van der Waals surface area (Å²) in [7, 11) is 1.81. The van der Waals surface area contributed by atoms with Crippen molar-refractivity contribution in [2.45, 2.75) is 38.8 Å². The van der Waals surface area contributed by atoms with Gasteiger partial charge in [-0.05, 0) is 44.9 Å². The Morgan fingerprint density at radius 2 is 1.90 bits per heavy atom. The molecule has 8 nitrogen and oxygen atoms in total. The van der Waals surface area contributed by atoms with Crippen LogP contribution in [-0.2, 0) is 18.2 Å². The van der Waals surface area contributed by atoms with Gasteiger partial charge in [0.25, 0.3) is 5.91 Å². The van der Waals surface area contributed by atoms with E-state index in [1.54, 1.807) is 38.6 Å². The first-order valence-electron chi connectivity index (χ1n) is 9.97. The molecule has 0 saturated heterocycles. The summed E-state index contributed by atoms with van der Waals surface area (Å²) in [6.07, 6.45) is 1.54. The molecule has 1 unspecified atom stereocenters. The number of hydrogen-bond acceptors (Lipinski definition) is 6. The number of carbonyl (C=O) groups is 2. The van der Waals surface area contributed by atoms with Crippen molar-refractivity contribution in [3.05, 3.63) is 59.2 Å². The van der Waals surface area contributed by atoms with Crippen LogP contribution in [0.3, 0.4) is 0 Å². The highest BCUT2D eigenvalue weighted by Crippen LogP contribution is 2.26. The zero-order chi connectivity index (χ0) is 22.4. The lowest BCUT2D eigenvalue weighted by atomic mass is 10.1. The molecule has 31 heavy (non-hydrogen) atoms. The van der Waals surface area contributed by atoms with E-state index in [4.69, 9.17) is 4.74 Å². The summed E-state index contributed by atoms with van der Waals surface area (Å²) in [6, 6.07) is 13.1. The van der Waals surface area contributed by atoms with Crippen molar-refractivity contribution < 1.29 is 14.3 Å². The maximum Gasteiger partial charge on any atom is 0.407 e. The van der Waals surface area contributed by atoms with E-state index >= 15 is 0 Å². The van der Waals surface area contributed by atoms with Crippen molar-refractivity contribution in [2.24, 2.45) is 7.05 Å². The fourth-order valence-corrected chi connectivity index (χ4v) is 3.89. The lowest BCUT2D eigenvalue weighted by Gasteiger charge is -2.22. The molecule has 164 valence electrons. The number of alkyl carbamates (subject to hydrolysis) is 1. The van der Waals surface area contributed by atoms with Crippen LogP contribution in [0.4, 0.5) is 4.79 Å². The third-order valence-electron chi connectivity index (χ3n) is 4.31. The number of nitrogens with one attached hydrogen (secondary N) is 2. The maximum atomic E-state index is 12.9. The predicted octanol–water partition coefficient (Wildman–Crippen LogP) is 3.41. The number of amides is 2. The summed E-state index contributed by atoms with van der Waals surface area (Å²) < 4.78 is 6.97. The van der Waals surface area contributed by atoms with Gasteiger partial charge in [0.05, 0.1) is 15.8 Å². The van der Waals surface area contributed by atoms with Crippen LogP contribution in [0.5, 0.6) is 0 Å². The monoisotopic (exact) mass is 441 g/mol. The van der Waals surface area contributed by atoms with Gasteiger partial charge in [0.15, 0.2) is 5.82 Å². The molecule has 9 heteroatoms. The fourth-order valence-electron chi connectivity index (χ4n) is 2.95. The van der Waals surface area contributed by atoms with Crippen LogP contribution >= 0.6 is 11.3 Å². The molecule has 2 aromatic heterocycles. The molecule has 0 fully saturated rings. The van der Waals surface area contributed by atoms with Crippen LogP contribution in [-0.4, -0.2) is 45.0 Å². The molecule has 0 radical (unpaired) electrons. The molecule has 1 aromatic carbocycles. The molecular weight excluding hydrogens is 414 g/mol. The first-order chi connectivity index (χ1) is 14.7. The molecular formula is C22H27N5O3S. The maximum absolute atomic E-state index is 12.9. The Labute approximate surface area is 185 Å². The summed E-state index contributed by atoms with van der Waals surface area (Å²) in [4.78, 5) is 30.6. The minimum absolute atomic E-state index is 0.203. The summed E-state index contributed by atoms with van der Waals surface area (Å²) in [5.74, 6) is 0.502. The lowest BCUT2D eigenvalue weighted by Crippen LogP contribution is -2.45. The van der Waals surface area contributed by atoms with Crippen molar-refractivity contribution in [1.29, 1.82) is 0 Å². The molecule has 0 aliphatic rings. The Hall–Kier alpha value is -3.20. The average molecular weight is 442 g/mol. The summed E-state index contributed by atoms with van der Waals surface area (Å²) >= 11 is 1.35. The molecule has 3 rings (SSSR count). The minimum Gasteiger partial charge on any atom is -0.444 e. The molecule has 2 N–H and O–H groups in total. The number of benzene rings is 1. The first kappa shape index (κ1) is 22.5. The molecule has 2 heterocycles. The van der Waals surface area contributed by atoms with Crippen molar-refractivity contribution in [3.63, 3.8) is 0 Å². The van der Waals surface area contributed by atoms with Gasteiger partial charge < -0.3 is 15.4 Å². The van der Waals surface area contributed by atoms with Crippen molar-refractivity contribution in [3.8, 4) is 10.7 Å². The van der Waals surface area contributed by atoms with Crippen LogP contribution < -0.4 is 10.6 Å². The van der Waals surface area contributed by atoms with Crippen LogP contribution in [0.15, 0.2) is 48.8 Å². The second kappa shape index (κ2) is 9.74. The number of aromatic nitrogens is 3. The van der Waals surface area contributed by atoms with Gasteiger partial charge in [-0.1, -0.05) is 30.3 Å². The van der Waals surface area contributed by atoms with E-state index in [2.05, 4.69) is 20.7 Å². The Morgan fingerprint density at radius 3 is 2.55 bits per heavy atom. The molecule has 0 aliphatic carbocycles. The highest BCUT2D eigenvalue weighted by Gasteiger charge is 2.20. The van der Waals surface area contributed by atoms with Gasteiger partial charge in [0.1, 0.15) is 11.9 Å². The Bertz CT molecular complexity index is 1020. The average Bonchev–Trinajstić information content (AvgIpc) is 3.34. The highest BCUT2D eigenvalue weighted by molar-refractivity contribution is 7.17. The molecule has 3 aromatic rings. The van der Waals surface area contributed by atoms with E-state index in [9.17, 15) is 9.59 Å². The largest absolute Gasteiger partial charge is 0.444 e. The third-order valence-corrected chi connectivity index (χ3v) is 5.39. The summed E-state index contributed by atoms with van der Waals surface area (Å²) in [6.45, 7) is 5.67. The molecule has 0 spiro atoms. The van der Waals surface area contributed by atoms with Crippen LogP contribution in [0.1, 0.15) is 36.0 Å². The smallest absolute Gasteiger partial charge is 0.407 e. The molecule has 0 bridgehead atoms. The zero-order valence-corrected chi connectivity index (χ0v) is 18.9. The Kier molecular flexibility index (Phi) is 7.06. The van der Waals surface area contributed by atoms with Gasteiger partial charge in [0.2, 0.25) is 0 Å². The van der Waals surface area contributed by atoms with Gasteiger partial charge in [-0.2, -0.15) is 5.10 Å². The number of rotatable bonds is 7. The molecule has 1 atom stereocenters. The second-order valence-corrected chi connectivity index (χ2v) is 9.20. The van der Waals surface area contributed by atoms with E-state index in [0.29, 0.717) is 17.1 Å². The molecule has 2 amide bonds. The van der Waals surface area contributed by atoms with Gasteiger partial charge in [-0.15, -0.1) is 11.3 Å². The van der Waals surface area contributed by atoms with Crippen LogP contribution in [0.2, 0.25) is 0 Å². The predicted molar refractivity (Wildman–Crippen MR) is 120 cm³/mol. The Morgan fingerprint density at radius 1 is 1.16 bits per heavy atom. The summed E-state index contributed by atoms with van der Waals surface area (Å²) in [5.41, 5.74) is 0.472. The number of ether oxygens (including phenoxy) is 1. The normalized spacial score (nSPS) is 12.3. The van der Waals surface area contributed by atoms with E-state index in [-0.39, 0.29) is 18.5 Å². The van der Waals surface area contributed by atoms with Crippen molar-refractivity contribution >= 4 is 23.3 Å². The van der Waals surface area contributed by atoms with Crippen LogP contribution in [0.25, 0.3) is 10.7 Å². The van der Waals surface area contributed by atoms with Gasteiger partial charge in [-0.25, -0.2) is 14.5 Å². The fraction of sp³-hybridized carbons (Fsp3) is 0.364. The van der Waals surface area contributed by atoms with E-state index in [0.717, 1.165) is 10.4 Å². The van der Waals surface area contributed by atoms with E-state index < -0.39 is 11.7 Å². The standard InChI is InChI=1S/C22H27N5O3S/c1-22(2,3)30-21(29)23-13-16(12-15-8-6-5-7-9-15)26-20(28)18-11-10-17(31-18)19-24-14-25-27(19)4/h5-11,14,16H,12-13H2,1-4H3,(H,23,29)(H,26,28). The lowest BCUT2D eigenvalue weighted by molar-refractivity contribution is 0.0520. The summed E-state index contributed by atoms with van der Waals surface area (Å²) in [5, 5.41) is 9.86. The quantitative estimate of drug-likeness (QED) is 0.586. The highest BCUT2D eigenvalue weighted by atomic mass is 32.1. The minimum atomic E-state index is -0.588. The Balaban J connectivity index is 1.68. The van der Waals surface area contributed by atoms with E-state index in [1.807, 2.05) is 36.4 Å². The van der Waals surface area contributed by atoms with Gasteiger partial charge in [-0.3, -0.25) is 4.79 Å². The van der Waals surface area contributed by atoms with Crippen molar-refractivity contribution in [2.75, 3.05) is 6.54 Å². The number of aryl methyl sites for hydroxylation is 1. The number of carbonyl (C=O) groups excluding carboxylic acids is 2. The van der Waals surface area contributed by atoms with Gasteiger partial charge in [0, 0.05) is 13.6 Å². The van der Waals surface area contributed by atoms with Crippen LogP contribution in [0, 0.1) is 0 Å². The molecule has 0 aliphatic heterocycles. The van der Waals surface area contributed by atoms with Crippen molar-refractivity contribution in [1.82, 2.24) is 25.4 Å². The topological polar surface area (TPSA) is 98.1 Å². The molecule has 0 saturated carbocycles.